The molecule has 0 radical (unpaired) electrons. The van der Waals surface area contributed by atoms with Crippen LogP contribution in [0.3, 0.4) is 0 Å². The molecule has 4 rings (SSSR count). The number of nitrogens with one attached hydrogen (secondary N) is 2. The molecule has 0 saturated heterocycles. The maximum absolute atomic E-state index is 13.9. The van der Waals surface area contributed by atoms with Gasteiger partial charge in [0.1, 0.15) is 18.4 Å². The van der Waals surface area contributed by atoms with E-state index in [2.05, 4.69) is 15.4 Å². The molecule has 2 aromatic rings. The van der Waals surface area contributed by atoms with Crippen molar-refractivity contribution >= 4 is 29.5 Å². The van der Waals surface area contributed by atoms with E-state index in [4.69, 9.17) is 0 Å². The van der Waals surface area contributed by atoms with E-state index in [1.165, 1.54) is 4.90 Å². The molecule has 1 aromatic heterocycles. The summed E-state index contributed by atoms with van der Waals surface area (Å²) < 4.78 is 61.1. The van der Waals surface area contributed by atoms with Gasteiger partial charge in [0.15, 0.2) is 23.2 Å². The summed E-state index contributed by atoms with van der Waals surface area (Å²) in [6.45, 7) is -1.21. The number of Topliss-reactive ketones (excluding diaryl/α,β-unsaturated/α-hetero) is 2. The van der Waals surface area contributed by atoms with Crippen molar-refractivity contribution in [3.8, 4) is 5.75 Å². The molecule has 0 spiro atoms. The Morgan fingerprint density at radius 1 is 1.14 bits per heavy atom. The fourth-order valence-electron chi connectivity index (χ4n) is 5.25. The van der Waals surface area contributed by atoms with Gasteiger partial charge in [-0.2, -0.15) is 8.78 Å². The van der Waals surface area contributed by atoms with E-state index < -0.39 is 83.6 Å². The second-order valence-electron chi connectivity index (χ2n) is 10.4. The molecule has 0 saturated carbocycles. The fraction of sp³-hybridized carbons (Fsp3) is 0.444. The van der Waals surface area contributed by atoms with Crippen LogP contribution in [0, 0.1) is 29.2 Å². The predicted octanol–water partition coefficient (Wildman–Crippen LogP) is 1.91. The lowest BCUT2D eigenvalue weighted by Crippen LogP contribution is -2.48. The van der Waals surface area contributed by atoms with Crippen LogP contribution in [0.15, 0.2) is 18.3 Å². The molecule has 2 heterocycles. The Morgan fingerprint density at radius 2 is 1.81 bits per heavy atom. The fourth-order valence-corrected chi connectivity index (χ4v) is 5.25. The third-order valence-electron chi connectivity index (χ3n) is 7.33. The molecule has 11 nitrogen and oxygen atoms in total. The number of amides is 3. The summed E-state index contributed by atoms with van der Waals surface area (Å²) in [7, 11) is 3.12. The van der Waals surface area contributed by atoms with Crippen molar-refractivity contribution in [2.45, 2.75) is 50.2 Å². The number of ether oxygens (including phenoxy) is 1. The molecule has 226 valence electrons. The van der Waals surface area contributed by atoms with Crippen molar-refractivity contribution in [3.05, 3.63) is 52.9 Å². The Hall–Kier alpha value is -4.43. The number of halogens is 4. The molecule has 4 unspecified atom stereocenters. The third kappa shape index (κ3) is 6.24. The minimum atomic E-state index is -1.90. The molecule has 4 atom stereocenters. The highest BCUT2D eigenvalue weighted by Crippen LogP contribution is 2.38. The molecule has 1 aromatic carbocycles. The smallest absolute Gasteiger partial charge is 0.317 e. The number of benzene rings is 1. The average Bonchev–Trinajstić information content (AvgIpc) is 3.25. The van der Waals surface area contributed by atoms with Crippen LogP contribution in [0.25, 0.3) is 0 Å². The van der Waals surface area contributed by atoms with Crippen molar-refractivity contribution in [1.29, 1.82) is 0 Å². The summed E-state index contributed by atoms with van der Waals surface area (Å²) in [5, 5.41) is 14.4. The molecule has 0 fully saturated rings. The van der Waals surface area contributed by atoms with Crippen LogP contribution in [0.2, 0.25) is 0 Å². The zero-order chi connectivity index (χ0) is 30.9. The van der Waals surface area contributed by atoms with E-state index in [1.807, 2.05) is 6.07 Å². The molecule has 3 amide bonds. The maximum atomic E-state index is 13.9. The Balaban J connectivity index is 1.51. The molecule has 1 aliphatic carbocycles. The molecule has 42 heavy (non-hydrogen) atoms. The second kappa shape index (κ2) is 12.2. The van der Waals surface area contributed by atoms with Crippen molar-refractivity contribution < 1.29 is 51.4 Å². The second-order valence-corrected chi connectivity index (χ2v) is 10.4. The summed E-state index contributed by atoms with van der Waals surface area (Å²) in [4.78, 5) is 64.6. The van der Waals surface area contributed by atoms with E-state index in [0.717, 1.165) is 5.56 Å². The van der Waals surface area contributed by atoms with Gasteiger partial charge >= 0.3 is 12.0 Å². The lowest BCUT2D eigenvalue weighted by molar-refractivity contribution is -0.141. The summed E-state index contributed by atoms with van der Waals surface area (Å²) in [5.74, 6) is -14.5. The minimum absolute atomic E-state index is 0.0151. The number of nitrogens with zero attached hydrogens (tertiary/aromatic N) is 2. The van der Waals surface area contributed by atoms with E-state index >= 15 is 0 Å². The van der Waals surface area contributed by atoms with Gasteiger partial charge in [0.2, 0.25) is 17.5 Å². The number of rotatable bonds is 9. The summed E-state index contributed by atoms with van der Waals surface area (Å²) in [6, 6.07) is -0.893. The first-order valence-corrected chi connectivity index (χ1v) is 13.0. The van der Waals surface area contributed by atoms with E-state index in [-0.39, 0.29) is 30.8 Å². The number of hydrogen-bond acceptors (Lipinski definition) is 6. The molecular formula is C27H28F4N4O7. The number of carboxylic acid groups (broad SMARTS) is 1. The highest BCUT2D eigenvalue weighted by molar-refractivity contribution is 5.96. The SMILES string of the molecule is CN(C)C(=O)NC1CCc2ccn3c2C1C(=O)CC(C(=O)NC(CC(=O)O)C(=O)COc1c(F)c(F)cc(F)c1F)C3. The first-order valence-electron chi connectivity index (χ1n) is 13.0. The van der Waals surface area contributed by atoms with Gasteiger partial charge in [0.05, 0.1) is 18.3 Å². The lowest BCUT2D eigenvalue weighted by Gasteiger charge is -2.32. The van der Waals surface area contributed by atoms with Crippen LogP contribution in [-0.4, -0.2) is 76.8 Å². The third-order valence-corrected chi connectivity index (χ3v) is 7.33. The average molecular weight is 597 g/mol. The van der Waals surface area contributed by atoms with E-state index in [0.29, 0.717) is 18.5 Å². The topological polar surface area (TPSA) is 147 Å². The van der Waals surface area contributed by atoms with Crippen LogP contribution in [0.1, 0.15) is 36.4 Å². The van der Waals surface area contributed by atoms with Gasteiger partial charge in [0.25, 0.3) is 0 Å². The number of aromatic nitrogens is 1. The molecule has 1 aliphatic heterocycles. The first kappa shape index (κ1) is 30.5. The van der Waals surface area contributed by atoms with Gasteiger partial charge in [-0.3, -0.25) is 19.2 Å². The zero-order valence-corrected chi connectivity index (χ0v) is 22.6. The Kier molecular flexibility index (Phi) is 8.87. The van der Waals surface area contributed by atoms with Crippen molar-refractivity contribution in [3.63, 3.8) is 0 Å². The van der Waals surface area contributed by atoms with Gasteiger partial charge in [-0.25, -0.2) is 13.6 Å². The number of aryl methyl sites for hydroxylation is 1. The van der Waals surface area contributed by atoms with Gasteiger partial charge in [-0.15, -0.1) is 0 Å². The monoisotopic (exact) mass is 596 g/mol. The first-order chi connectivity index (χ1) is 19.8. The van der Waals surface area contributed by atoms with Gasteiger partial charge in [-0.1, -0.05) is 0 Å². The van der Waals surface area contributed by atoms with Crippen LogP contribution in [-0.2, 0) is 32.1 Å². The Bertz CT molecular complexity index is 1420. The Morgan fingerprint density at radius 3 is 2.43 bits per heavy atom. The van der Waals surface area contributed by atoms with Crippen molar-refractivity contribution in [1.82, 2.24) is 20.1 Å². The zero-order valence-electron chi connectivity index (χ0n) is 22.6. The number of hydrogen-bond donors (Lipinski definition) is 3. The molecule has 15 heteroatoms. The molecular weight excluding hydrogens is 568 g/mol. The van der Waals surface area contributed by atoms with Gasteiger partial charge in [0, 0.05) is 51.1 Å². The quantitative estimate of drug-likeness (QED) is 0.296. The number of aliphatic carboxylic acids is 1. The van der Waals surface area contributed by atoms with E-state index in [9.17, 15) is 46.6 Å². The normalized spacial score (nSPS) is 20.1. The van der Waals surface area contributed by atoms with Gasteiger partial charge in [-0.05, 0) is 24.5 Å². The molecule has 0 bridgehead atoms. The lowest BCUT2D eigenvalue weighted by atomic mass is 9.79. The van der Waals surface area contributed by atoms with Crippen molar-refractivity contribution in [2.24, 2.45) is 5.92 Å². The predicted molar refractivity (Wildman–Crippen MR) is 136 cm³/mol. The summed E-state index contributed by atoms with van der Waals surface area (Å²) >= 11 is 0. The number of carbonyl (C=O) groups excluding carboxylic acids is 4. The maximum Gasteiger partial charge on any atom is 0.317 e. The van der Waals surface area contributed by atoms with Crippen LogP contribution in [0.4, 0.5) is 22.4 Å². The van der Waals surface area contributed by atoms with Crippen LogP contribution in [0.5, 0.6) is 5.75 Å². The molecule has 2 aliphatic rings. The number of ketones is 2. The minimum Gasteiger partial charge on any atom is -0.481 e. The van der Waals surface area contributed by atoms with Crippen LogP contribution < -0.4 is 15.4 Å². The summed E-state index contributed by atoms with van der Waals surface area (Å²) in [6.07, 6.45) is 1.57. The molecule has 3 N–H and O–H groups in total. The standard InChI is InChI=1S/C27H28F4N4O7/c1-34(2)27(41)33-16-4-3-12-5-6-35-10-13(7-18(36)21(16)24(12)35)26(40)32-17(9-20(38)39)19(37)11-42-25-22(30)14(28)8-15(29)23(25)31/h5-6,8,13,16-17,21H,3-4,7,9-11H2,1-2H3,(H,32,40)(H,33,41)(H,38,39). The van der Waals surface area contributed by atoms with E-state index in [1.54, 1.807) is 24.9 Å². The largest absolute Gasteiger partial charge is 0.481 e. The Labute approximate surface area is 236 Å². The summed E-state index contributed by atoms with van der Waals surface area (Å²) in [5.41, 5.74) is 1.57. The van der Waals surface area contributed by atoms with Crippen molar-refractivity contribution in [2.75, 3.05) is 20.7 Å². The highest BCUT2D eigenvalue weighted by atomic mass is 19.2. The number of carboxylic acids is 1. The van der Waals surface area contributed by atoms with Crippen LogP contribution >= 0.6 is 0 Å². The number of urea groups is 1. The highest BCUT2D eigenvalue weighted by Gasteiger charge is 2.42. The van der Waals surface area contributed by atoms with Gasteiger partial charge < -0.3 is 29.9 Å². The number of carbonyl (C=O) groups is 5.